The number of nitrogens with one attached hydrogen (secondary N) is 2. The fourth-order valence-corrected chi connectivity index (χ4v) is 3.77. The predicted octanol–water partition coefficient (Wildman–Crippen LogP) is 0.782. The first-order valence-corrected chi connectivity index (χ1v) is 8.67. The third-order valence-electron chi connectivity index (χ3n) is 3.88. The average Bonchev–Trinajstić information content (AvgIpc) is 2.94. The van der Waals surface area contributed by atoms with Gasteiger partial charge < -0.3 is 15.4 Å². The minimum Gasteiger partial charge on any atom is -0.381 e. The fraction of sp³-hybridized carbons (Fsp3) is 0.786. The standard InChI is InChI=1S/C14H26N6OS/c1-4-22-14(5-7-21-8-6-14)10-17-13(15-2)16-9-12-18-11-19-20(12)3/h11H,4-10H2,1-3H3,(H2,15,16,17). The number of aromatic nitrogens is 3. The highest BCUT2D eigenvalue weighted by atomic mass is 32.2. The van der Waals surface area contributed by atoms with Crippen LogP contribution < -0.4 is 10.6 Å². The zero-order valence-electron chi connectivity index (χ0n) is 13.6. The number of guanidine groups is 1. The molecular weight excluding hydrogens is 300 g/mol. The topological polar surface area (TPSA) is 76.4 Å². The predicted molar refractivity (Wildman–Crippen MR) is 90.1 cm³/mol. The van der Waals surface area contributed by atoms with E-state index >= 15 is 0 Å². The third kappa shape index (κ3) is 4.61. The first kappa shape index (κ1) is 17.1. The summed E-state index contributed by atoms with van der Waals surface area (Å²) in [7, 11) is 3.67. The molecule has 0 unspecified atom stereocenters. The summed E-state index contributed by atoms with van der Waals surface area (Å²) in [5, 5.41) is 10.8. The molecule has 0 bridgehead atoms. The lowest BCUT2D eigenvalue weighted by atomic mass is 9.99. The van der Waals surface area contributed by atoms with Gasteiger partial charge in [0.2, 0.25) is 0 Å². The number of ether oxygens (including phenoxy) is 1. The van der Waals surface area contributed by atoms with Crippen molar-refractivity contribution in [1.29, 1.82) is 0 Å². The Morgan fingerprint density at radius 3 is 2.82 bits per heavy atom. The maximum atomic E-state index is 5.51. The third-order valence-corrected chi connectivity index (χ3v) is 5.33. The summed E-state index contributed by atoms with van der Waals surface area (Å²) < 4.78 is 7.51. The van der Waals surface area contributed by atoms with E-state index in [-0.39, 0.29) is 4.75 Å². The zero-order valence-corrected chi connectivity index (χ0v) is 14.4. The van der Waals surface area contributed by atoms with Crippen molar-refractivity contribution in [1.82, 2.24) is 25.4 Å². The molecule has 0 aliphatic carbocycles. The van der Waals surface area contributed by atoms with E-state index in [1.807, 2.05) is 18.8 Å². The molecule has 8 heteroatoms. The number of aliphatic imine (C=N–C) groups is 1. The molecular formula is C14H26N6OS. The number of nitrogens with zero attached hydrogens (tertiary/aromatic N) is 4. The van der Waals surface area contributed by atoms with Gasteiger partial charge in [0.05, 0.1) is 6.54 Å². The van der Waals surface area contributed by atoms with Crippen LogP contribution >= 0.6 is 11.8 Å². The summed E-state index contributed by atoms with van der Waals surface area (Å²) in [5.74, 6) is 2.80. The summed E-state index contributed by atoms with van der Waals surface area (Å²) >= 11 is 2.02. The molecule has 0 atom stereocenters. The highest BCUT2D eigenvalue weighted by molar-refractivity contribution is 8.00. The van der Waals surface area contributed by atoms with Gasteiger partial charge in [-0.15, -0.1) is 0 Å². The quantitative estimate of drug-likeness (QED) is 0.594. The average molecular weight is 326 g/mol. The van der Waals surface area contributed by atoms with Crippen LogP contribution in [-0.4, -0.2) is 58.0 Å². The van der Waals surface area contributed by atoms with E-state index in [4.69, 9.17) is 4.74 Å². The van der Waals surface area contributed by atoms with Crippen molar-refractivity contribution in [3.05, 3.63) is 12.2 Å². The summed E-state index contributed by atoms with van der Waals surface area (Å²) in [6, 6.07) is 0. The first-order valence-electron chi connectivity index (χ1n) is 7.68. The van der Waals surface area contributed by atoms with E-state index in [9.17, 15) is 0 Å². The van der Waals surface area contributed by atoms with Gasteiger partial charge in [-0.3, -0.25) is 9.67 Å². The van der Waals surface area contributed by atoms with Crippen LogP contribution in [0.4, 0.5) is 0 Å². The molecule has 22 heavy (non-hydrogen) atoms. The number of hydrogen-bond donors (Lipinski definition) is 2. The molecule has 0 aromatic carbocycles. The van der Waals surface area contributed by atoms with Crippen molar-refractivity contribution in [3.63, 3.8) is 0 Å². The Labute approximate surface area is 136 Å². The number of hydrogen-bond acceptors (Lipinski definition) is 5. The second kappa shape index (κ2) is 8.38. The van der Waals surface area contributed by atoms with Crippen LogP contribution in [0.1, 0.15) is 25.6 Å². The molecule has 1 fully saturated rings. The Bertz CT molecular complexity index is 478. The molecule has 1 aromatic rings. The summed E-state index contributed by atoms with van der Waals surface area (Å²) in [6.07, 6.45) is 3.72. The van der Waals surface area contributed by atoms with Gasteiger partial charge in [0.1, 0.15) is 12.2 Å². The van der Waals surface area contributed by atoms with Gasteiger partial charge in [0.15, 0.2) is 5.96 Å². The van der Waals surface area contributed by atoms with Gasteiger partial charge in [-0.05, 0) is 18.6 Å². The highest BCUT2D eigenvalue weighted by Crippen LogP contribution is 2.34. The van der Waals surface area contributed by atoms with Crippen LogP contribution in [0.15, 0.2) is 11.3 Å². The van der Waals surface area contributed by atoms with Crippen molar-refractivity contribution < 1.29 is 4.74 Å². The second-order valence-electron chi connectivity index (χ2n) is 5.31. The van der Waals surface area contributed by atoms with Gasteiger partial charge in [-0.1, -0.05) is 6.92 Å². The van der Waals surface area contributed by atoms with E-state index in [1.54, 1.807) is 18.1 Å². The van der Waals surface area contributed by atoms with Gasteiger partial charge in [0.25, 0.3) is 0 Å². The molecule has 7 nitrogen and oxygen atoms in total. The van der Waals surface area contributed by atoms with E-state index < -0.39 is 0 Å². The van der Waals surface area contributed by atoms with Gasteiger partial charge in [-0.25, -0.2) is 4.98 Å². The Morgan fingerprint density at radius 2 is 2.23 bits per heavy atom. The van der Waals surface area contributed by atoms with Crippen LogP contribution in [0.3, 0.4) is 0 Å². The SMILES string of the molecule is CCSC1(CNC(=NC)NCc2ncnn2C)CCOCC1. The normalized spacial score (nSPS) is 18.2. The molecule has 2 heterocycles. The number of thioether (sulfide) groups is 1. The molecule has 1 aromatic heterocycles. The van der Waals surface area contributed by atoms with Gasteiger partial charge >= 0.3 is 0 Å². The Kier molecular flexibility index (Phi) is 6.50. The van der Waals surface area contributed by atoms with Crippen LogP contribution in [0.2, 0.25) is 0 Å². The molecule has 1 saturated heterocycles. The lowest BCUT2D eigenvalue weighted by molar-refractivity contribution is 0.0782. The zero-order chi connectivity index (χ0) is 15.8. The summed E-state index contributed by atoms with van der Waals surface area (Å²) in [6.45, 7) is 5.41. The van der Waals surface area contributed by atoms with E-state index in [2.05, 4.69) is 32.6 Å². The Balaban J connectivity index is 1.85. The minimum atomic E-state index is 0.245. The van der Waals surface area contributed by atoms with Crippen molar-refractivity contribution in [2.75, 3.05) is 32.6 Å². The largest absolute Gasteiger partial charge is 0.381 e. The molecule has 1 aliphatic rings. The fourth-order valence-electron chi connectivity index (χ4n) is 2.53. The van der Waals surface area contributed by atoms with Gasteiger partial charge in [-0.2, -0.15) is 16.9 Å². The number of rotatable bonds is 6. The summed E-state index contributed by atoms with van der Waals surface area (Å²) in [4.78, 5) is 8.49. The maximum absolute atomic E-state index is 5.51. The Morgan fingerprint density at radius 1 is 1.45 bits per heavy atom. The first-order chi connectivity index (χ1) is 10.7. The lowest BCUT2D eigenvalue weighted by Crippen LogP contribution is -2.48. The van der Waals surface area contributed by atoms with E-state index in [0.717, 1.165) is 50.1 Å². The lowest BCUT2D eigenvalue weighted by Gasteiger charge is -2.37. The smallest absolute Gasteiger partial charge is 0.191 e. The maximum Gasteiger partial charge on any atom is 0.191 e. The highest BCUT2D eigenvalue weighted by Gasteiger charge is 2.32. The van der Waals surface area contributed by atoms with Crippen molar-refractivity contribution in [3.8, 4) is 0 Å². The molecule has 0 saturated carbocycles. The molecule has 0 radical (unpaired) electrons. The molecule has 1 aliphatic heterocycles. The van der Waals surface area contributed by atoms with Gasteiger partial charge in [0, 0.05) is 38.6 Å². The van der Waals surface area contributed by atoms with Crippen molar-refractivity contribution >= 4 is 17.7 Å². The van der Waals surface area contributed by atoms with Crippen molar-refractivity contribution in [2.45, 2.75) is 31.1 Å². The second-order valence-corrected chi connectivity index (χ2v) is 7.04. The van der Waals surface area contributed by atoms with E-state index in [0.29, 0.717) is 6.54 Å². The van der Waals surface area contributed by atoms with Crippen LogP contribution in [0.5, 0.6) is 0 Å². The molecule has 0 spiro atoms. The molecule has 2 N–H and O–H groups in total. The molecule has 124 valence electrons. The van der Waals surface area contributed by atoms with Crippen LogP contribution in [-0.2, 0) is 18.3 Å². The van der Waals surface area contributed by atoms with Crippen LogP contribution in [0.25, 0.3) is 0 Å². The summed E-state index contributed by atoms with van der Waals surface area (Å²) in [5.41, 5.74) is 0. The number of aryl methyl sites for hydroxylation is 1. The molecule has 2 rings (SSSR count). The van der Waals surface area contributed by atoms with Crippen molar-refractivity contribution in [2.24, 2.45) is 12.0 Å². The van der Waals surface area contributed by atoms with E-state index in [1.165, 1.54) is 0 Å². The molecule has 0 amide bonds. The minimum absolute atomic E-state index is 0.245. The van der Waals surface area contributed by atoms with Crippen LogP contribution in [0, 0.1) is 0 Å². The Hall–Kier alpha value is -1.28. The monoisotopic (exact) mass is 326 g/mol.